The average Bonchev–Trinajstić information content (AvgIpc) is 2.76. The van der Waals surface area contributed by atoms with E-state index in [4.69, 9.17) is 0 Å². The Labute approximate surface area is 144 Å². The van der Waals surface area contributed by atoms with Crippen LogP contribution >= 0.6 is 0 Å². The van der Waals surface area contributed by atoms with E-state index in [1.54, 1.807) is 4.68 Å². The first-order valence-corrected chi connectivity index (χ1v) is 8.24. The summed E-state index contributed by atoms with van der Waals surface area (Å²) in [5.74, 6) is 0.542. The summed E-state index contributed by atoms with van der Waals surface area (Å²) in [6.45, 7) is 10.6. The van der Waals surface area contributed by atoms with Crippen LogP contribution in [-0.2, 0) is 7.05 Å². The van der Waals surface area contributed by atoms with E-state index in [0.717, 1.165) is 17.7 Å². The van der Waals surface area contributed by atoms with E-state index in [2.05, 4.69) is 36.5 Å². The highest BCUT2D eigenvalue weighted by atomic mass is 16.2. The van der Waals surface area contributed by atoms with E-state index < -0.39 is 0 Å². The van der Waals surface area contributed by atoms with Gasteiger partial charge in [-0.25, -0.2) is 4.79 Å². The van der Waals surface area contributed by atoms with E-state index in [9.17, 15) is 4.79 Å². The number of hydrogen-bond acceptors (Lipinski definition) is 2. The van der Waals surface area contributed by atoms with Crippen molar-refractivity contribution < 1.29 is 4.79 Å². The van der Waals surface area contributed by atoms with E-state index in [1.807, 2.05) is 57.3 Å². The van der Waals surface area contributed by atoms with Crippen LogP contribution in [0.4, 0.5) is 10.6 Å². The molecule has 1 aromatic carbocycles. The fourth-order valence-electron chi connectivity index (χ4n) is 3.23. The Morgan fingerprint density at radius 3 is 2.33 bits per heavy atom. The van der Waals surface area contributed by atoms with Gasteiger partial charge in [0.15, 0.2) is 5.82 Å². The van der Waals surface area contributed by atoms with Crippen LogP contribution in [0.1, 0.15) is 41.0 Å². The Balaban J connectivity index is 2.05. The lowest BCUT2D eigenvalue weighted by atomic mass is 9.82. The Hall–Kier alpha value is -2.30. The van der Waals surface area contributed by atoms with Gasteiger partial charge in [0.2, 0.25) is 0 Å². The number of amides is 2. The zero-order valence-electron chi connectivity index (χ0n) is 15.5. The molecule has 2 rings (SSSR count). The SMILES string of the molecule is Cn1nc(NC(=O)NC(C)(C)CC(C)(C)C)cc1-c1ccccc1. The molecule has 2 amide bonds. The van der Waals surface area contributed by atoms with E-state index in [-0.39, 0.29) is 17.0 Å². The highest BCUT2D eigenvalue weighted by Crippen LogP contribution is 2.27. The zero-order valence-corrected chi connectivity index (χ0v) is 15.5. The summed E-state index contributed by atoms with van der Waals surface area (Å²) in [6.07, 6.45) is 0.880. The minimum Gasteiger partial charge on any atom is -0.333 e. The second-order valence-electron chi connectivity index (χ2n) is 8.10. The van der Waals surface area contributed by atoms with Crippen LogP contribution < -0.4 is 10.6 Å². The van der Waals surface area contributed by atoms with Gasteiger partial charge in [0, 0.05) is 18.7 Å². The van der Waals surface area contributed by atoms with Gasteiger partial charge in [-0.3, -0.25) is 10.00 Å². The molecule has 0 spiro atoms. The Morgan fingerprint density at radius 1 is 1.12 bits per heavy atom. The molecule has 0 fully saturated rings. The quantitative estimate of drug-likeness (QED) is 0.872. The minimum absolute atomic E-state index is 0.141. The van der Waals surface area contributed by atoms with Crippen molar-refractivity contribution in [1.29, 1.82) is 0 Å². The van der Waals surface area contributed by atoms with Gasteiger partial charge >= 0.3 is 6.03 Å². The fraction of sp³-hybridized carbons (Fsp3) is 0.474. The molecular formula is C19H28N4O. The summed E-state index contributed by atoms with van der Waals surface area (Å²) in [5.41, 5.74) is 1.87. The predicted octanol–water partition coefficient (Wildman–Crippen LogP) is 4.42. The van der Waals surface area contributed by atoms with Crippen LogP contribution in [0.15, 0.2) is 36.4 Å². The maximum atomic E-state index is 12.3. The summed E-state index contributed by atoms with van der Waals surface area (Å²) < 4.78 is 1.77. The smallest absolute Gasteiger partial charge is 0.320 e. The molecule has 0 radical (unpaired) electrons. The number of nitrogens with zero attached hydrogens (tertiary/aromatic N) is 2. The summed E-state index contributed by atoms with van der Waals surface area (Å²) in [6, 6.07) is 11.6. The van der Waals surface area contributed by atoms with Crippen molar-refractivity contribution in [3.05, 3.63) is 36.4 Å². The van der Waals surface area contributed by atoms with Crippen LogP contribution in [0.5, 0.6) is 0 Å². The van der Waals surface area contributed by atoms with Crippen molar-refractivity contribution in [3.63, 3.8) is 0 Å². The maximum absolute atomic E-state index is 12.3. The Kier molecular flexibility index (Phi) is 5.02. The summed E-state index contributed by atoms with van der Waals surface area (Å²) >= 11 is 0. The van der Waals surface area contributed by atoms with Gasteiger partial charge in [0.05, 0.1) is 5.69 Å². The molecule has 2 N–H and O–H groups in total. The molecule has 1 aromatic heterocycles. The van der Waals surface area contributed by atoms with Crippen molar-refractivity contribution in [3.8, 4) is 11.3 Å². The van der Waals surface area contributed by atoms with Crippen LogP contribution in [0.2, 0.25) is 0 Å². The number of rotatable bonds is 4. The van der Waals surface area contributed by atoms with Crippen molar-refractivity contribution in [2.45, 2.75) is 46.6 Å². The number of aryl methyl sites for hydroxylation is 1. The minimum atomic E-state index is -0.292. The molecular weight excluding hydrogens is 300 g/mol. The number of benzene rings is 1. The molecule has 0 atom stereocenters. The van der Waals surface area contributed by atoms with E-state index in [0.29, 0.717) is 5.82 Å². The molecule has 0 aliphatic rings. The molecule has 0 saturated heterocycles. The number of carbonyl (C=O) groups is 1. The third kappa shape index (κ3) is 5.11. The number of nitrogens with one attached hydrogen (secondary N) is 2. The average molecular weight is 328 g/mol. The third-order valence-corrected chi connectivity index (χ3v) is 3.62. The third-order valence-electron chi connectivity index (χ3n) is 3.62. The Morgan fingerprint density at radius 2 is 1.75 bits per heavy atom. The molecule has 5 heteroatoms. The van der Waals surface area contributed by atoms with Crippen molar-refractivity contribution in [2.24, 2.45) is 12.5 Å². The Bertz CT molecular complexity index is 696. The maximum Gasteiger partial charge on any atom is 0.320 e. The number of aromatic nitrogens is 2. The number of hydrogen-bond donors (Lipinski definition) is 2. The number of anilines is 1. The second-order valence-corrected chi connectivity index (χ2v) is 8.10. The highest BCUT2D eigenvalue weighted by molar-refractivity contribution is 5.89. The molecule has 0 bridgehead atoms. The van der Waals surface area contributed by atoms with Gasteiger partial charge in [0.25, 0.3) is 0 Å². The molecule has 130 valence electrons. The molecule has 0 saturated carbocycles. The van der Waals surface area contributed by atoms with Crippen LogP contribution in [0, 0.1) is 5.41 Å². The number of urea groups is 1. The van der Waals surface area contributed by atoms with Gasteiger partial charge in [-0.05, 0) is 31.2 Å². The molecule has 5 nitrogen and oxygen atoms in total. The summed E-state index contributed by atoms with van der Waals surface area (Å²) in [7, 11) is 1.87. The zero-order chi connectivity index (χ0) is 18.0. The largest absolute Gasteiger partial charge is 0.333 e. The standard InChI is InChI=1S/C19H28N4O/c1-18(2,3)13-19(4,5)21-17(24)20-16-12-15(23(6)22-16)14-10-8-7-9-11-14/h7-12H,13H2,1-6H3,(H2,20,21,22,24). The van der Waals surface area contributed by atoms with Gasteiger partial charge < -0.3 is 5.32 Å². The summed E-state index contributed by atoms with van der Waals surface area (Å²) in [4.78, 5) is 12.3. The first-order chi connectivity index (χ1) is 11.1. The van der Waals surface area contributed by atoms with Crippen molar-refractivity contribution in [2.75, 3.05) is 5.32 Å². The van der Waals surface area contributed by atoms with Crippen LogP contribution in [-0.4, -0.2) is 21.4 Å². The van der Waals surface area contributed by atoms with Gasteiger partial charge in [-0.2, -0.15) is 5.10 Å². The lowest BCUT2D eigenvalue weighted by molar-refractivity contribution is 0.220. The molecule has 1 heterocycles. The molecule has 0 unspecified atom stereocenters. The lowest BCUT2D eigenvalue weighted by Gasteiger charge is -2.33. The fourth-order valence-corrected chi connectivity index (χ4v) is 3.23. The second kappa shape index (κ2) is 6.67. The number of carbonyl (C=O) groups excluding carboxylic acids is 1. The van der Waals surface area contributed by atoms with Crippen LogP contribution in [0.25, 0.3) is 11.3 Å². The topological polar surface area (TPSA) is 59.0 Å². The predicted molar refractivity (Wildman–Crippen MR) is 98.9 cm³/mol. The van der Waals surface area contributed by atoms with Crippen LogP contribution in [0.3, 0.4) is 0 Å². The van der Waals surface area contributed by atoms with E-state index >= 15 is 0 Å². The summed E-state index contributed by atoms with van der Waals surface area (Å²) in [5, 5.41) is 10.2. The van der Waals surface area contributed by atoms with Gasteiger partial charge in [-0.15, -0.1) is 0 Å². The normalized spacial score (nSPS) is 12.1. The van der Waals surface area contributed by atoms with Crippen molar-refractivity contribution >= 4 is 11.8 Å². The molecule has 0 aliphatic heterocycles. The first kappa shape index (κ1) is 18.0. The highest BCUT2D eigenvalue weighted by Gasteiger charge is 2.27. The first-order valence-electron chi connectivity index (χ1n) is 8.24. The van der Waals surface area contributed by atoms with E-state index in [1.165, 1.54) is 0 Å². The van der Waals surface area contributed by atoms with Gasteiger partial charge in [0.1, 0.15) is 0 Å². The lowest BCUT2D eigenvalue weighted by Crippen LogP contribution is -2.47. The van der Waals surface area contributed by atoms with Crippen molar-refractivity contribution in [1.82, 2.24) is 15.1 Å². The van der Waals surface area contributed by atoms with Gasteiger partial charge in [-0.1, -0.05) is 51.1 Å². The molecule has 24 heavy (non-hydrogen) atoms. The monoisotopic (exact) mass is 328 g/mol. The molecule has 0 aliphatic carbocycles. The molecule has 2 aromatic rings.